The molecule has 0 spiro atoms. The van der Waals surface area contributed by atoms with Gasteiger partial charge in [-0.15, -0.1) is 0 Å². The van der Waals surface area contributed by atoms with Gasteiger partial charge in [-0.1, -0.05) is 0 Å². The predicted molar refractivity (Wildman–Crippen MR) is 123 cm³/mol. The summed E-state index contributed by atoms with van der Waals surface area (Å²) in [6, 6.07) is 4.15. The Morgan fingerprint density at radius 3 is 2.35 bits per heavy atom. The Morgan fingerprint density at radius 2 is 1.71 bits per heavy atom. The number of nitrogens with zero attached hydrogens (tertiary/aromatic N) is 2. The molecule has 1 fully saturated rings. The third kappa shape index (κ3) is 4.30. The van der Waals surface area contributed by atoms with E-state index in [0.717, 1.165) is 0 Å². The molecule has 0 radical (unpaired) electrons. The number of rotatable bonds is 6. The summed E-state index contributed by atoms with van der Waals surface area (Å²) in [6.07, 6.45) is 0. The maximum Gasteiger partial charge on any atom is 0.339 e. The first-order valence-corrected chi connectivity index (χ1v) is 12.5. The average molecular weight is 492 g/mol. The van der Waals surface area contributed by atoms with E-state index in [-0.39, 0.29) is 23.8 Å². The van der Waals surface area contributed by atoms with Gasteiger partial charge in [-0.3, -0.25) is 9.69 Å². The van der Waals surface area contributed by atoms with Crippen LogP contribution in [0.2, 0.25) is 0 Å². The molecule has 2 aromatic rings. The zero-order valence-electron chi connectivity index (χ0n) is 19.7. The van der Waals surface area contributed by atoms with Crippen LogP contribution in [0.3, 0.4) is 0 Å². The largest absolute Gasteiger partial charge is 0.486 e. The maximum atomic E-state index is 13.2. The second-order valence-electron chi connectivity index (χ2n) is 8.40. The van der Waals surface area contributed by atoms with Crippen molar-refractivity contribution in [2.75, 3.05) is 46.5 Å². The summed E-state index contributed by atoms with van der Waals surface area (Å²) in [5.41, 5.74) is 1.88. The Balaban J connectivity index is 1.44. The summed E-state index contributed by atoms with van der Waals surface area (Å²) in [4.78, 5) is 30.4. The molecule has 4 rings (SSSR count). The second kappa shape index (κ2) is 9.40. The molecule has 11 heteroatoms. The van der Waals surface area contributed by atoms with Crippen LogP contribution in [0.4, 0.5) is 0 Å². The summed E-state index contributed by atoms with van der Waals surface area (Å²) in [7, 11) is -2.41. The number of nitrogens with one attached hydrogen (secondary N) is 1. The number of sulfonamides is 1. The smallest absolute Gasteiger partial charge is 0.339 e. The first-order valence-electron chi connectivity index (χ1n) is 11.1. The number of benzene rings is 1. The number of ketones is 1. The average Bonchev–Trinajstić information content (AvgIpc) is 3.15. The lowest BCUT2D eigenvalue weighted by molar-refractivity contribution is 0.0599. The van der Waals surface area contributed by atoms with Crippen LogP contribution in [0, 0.1) is 13.8 Å². The van der Waals surface area contributed by atoms with E-state index >= 15 is 0 Å². The van der Waals surface area contributed by atoms with E-state index in [9.17, 15) is 18.0 Å². The molecule has 2 aliphatic rings. The van der Waals surface area contributed by atoms with Gasteiger partial charge in [0.25, 0.3) is 0 Å². The third-order valence-corrected chi connectivity index (χ3v) is 8.32. The van der Waals surface area contributed by atoms with Gasteiger partial charge in [-0.05, 0) is 38.5 Å². The van der Waals surface area contributed by atoms with Crippen LogP contribution in [0.25, 0.3) is 0 Å². The number of hydrogen-bond acceptors (Lipinski definition) is 8. The zero-order chi connectivity index (χ0) is 24.6. The maximum absolute atomic E-state index is 13.2. The lowest BCUT2D eigenvalue weighted by Crippen LogP contribution is -2.53. The van der Waals surface area contributed by atoms with Crippen LogP contribution in [-0.4, -0.2) is 86.9 Å². The number of esters is 1. The number of carbonyl (C=O) groups excluding carboxylic acids is 2. The third-order valence-electron chi connectivity index (χ3n) is 6.43. The van der Waals surface area contributed by atoms with Crippen LogP contribution >= 0.6 is 0 Å². The number of aromatic nitrogens is 1. The molecule has 1 aromatic heterocycles. The number of aromatic amines is 1. The molecule has 1 saturated heterocycles. The van der Waals surface area contributed by atoms with Crippen molar-refractivity contribution in [3.8, 4) is 11.5 Å². The molecule has 2 aliphatic heterocycles. The Morgan fingerprint density at radius 1 is 1.06 bits per heavy atom. The Hall–Kier alpha value is -2.89. The Labute approximate surface area is 198 Å². The monoisotopic (exact) mass is 491 g/mol. The highest BCUT2D eigenvalue weighted by atomic mass is 32.2. The van der Waals surface area contributed by atoms with E-state index in [0.29, 0.717) is 60.3 Å². The summed E-state index contributed by atoms with van der Waals surface area (Å²) >= 11 is 0. The van der Waals surface area contributed by atoms with Crippen molar-refractivity contribution in [3.63, 3.8) is 0 Å². The van der Waals surface area contributed by atoms with E-state index in [1.165, 1.54) is 23.5 Å². The fourth-order valence-electron chi connectivity index (χ4n) is 4.44. The molecule has 1 N–H and O–H groups in total. The SMILES string of the molecule is COC(=O)c1c(C)[nH]c(C(=O)C(C)N2CCN(S(=O)(=O)c3ccc4c(c3)OCCO4)CC2)c1C. The molecule has 1 unspecified atom stereocenters. The van der Waals surface area contributed by atoms with E-state index in [1.807, 2.05) is 4.90 Å². The minimum atomic E-state index is -3.71. The van der Waals surface area contributed by atoms with Crippen molar-refractivity contribution >= 4 is 21.8 Å². The highest BCUT2D eigenvalue weighted by Crippen LogP contribution is 2.33. The molecule has 34 heavy (non-hydrogen) atoms. The van der Waals surface area contributed by atoms with Crippen LogP contribution in [0.1, 0.15) is 39.0 Å². The van der Waals surface area contributed by atoms with E-state index in [4.69, 9.17) is 14.2 Å². The van der Waals surface area contributed by atoms with Gasteiger partial charge in [-0.2, -0.15) is 4.31 Å². The molecule has 3 heterocycles. The number of piperazine rings is 1. The first-order chi connectivity index (χ1) is 16.1. The fraction of sp³-hybridized carbons (Fsp3) is 0.478. The minimum Gasteiger partial charge on any atom is -0.486 e. The van der Waals surface area contributed by atoms with Crippen molar-refractivity contribution in [3.05, 3.63) is 40.7 Å². The highest BCUT2D eigenvalue weighted by Gasteiger charge is 2.34. The number of aryl methyl sites for hydroxylation is 1. The number of ether oxygens (including phenoxy) is 3. The van der Waals surface area contributed by atoms with Gasteiger partial charge >= 0.3 is 5.97 Å². The molecule has 0 amide bonds. The van der Waals surface area contributed by atoms with Gasteiger partial charge in [0.2, 0.25) is 10.0 Å². The summed E-state index contributed by atoms with van der Waals surface area (Å²) in [6.45, 7) is 7.36. The number of H-pyrrole nitrogens is 1. The van der Waals surface area contributed by atoms with Crippen molar-refractivity contribution in [2.24, 2.45) is 0 Å². The van der Waals surface area contributed by atoms with Crippen LogP contribution in [0.5, 0.6) is 11.5 Å². The Bertz CT molecular complexity index is 1210. The lowest BCUT2D eigenvalue weighted by atomic mass is 10.0. The van der Waals surface area contributed by atoms with Gasteiger partial charge in [0, 0.05) is 37.9 Å². The van der Waals surface area contributed by atoms with Crippen molar-refractivity contribution in [1.82, 2.24) is 14.2 Å². The first kappa shape index (κ1) is 24.2. The van der Waals surface area contributed by atoms with Crippen LogP contribution in [-0.2, 0) is 14.8 Å². The quantitative estimate of drug-likeness (QED) is 0.480. The van der Waals surface area contributed by atoms with Crippen LogP contribution in [0.15, 0.2) is 23.1 Å². The van der Waals surface area contributed by atoms with Crippen LogP contribution < -0.4 is 9.47 Å². The second-order valence-corrected chi connectivity index (χ2v) is 10.3. The molecule has 0 aliphatic carbocycles. The fourth-order valence-corrected chi connectivity index (χ4v) is 5.88. The number of hydrogen-bond donors (Lipinski definition) is 1. The van der Waals surface area contributed by atoms with E-state index in [1.54, 1.807) is 26.8 Å². The number of carbonyl (C=O) groups is 2. The molecule has 10 nitrogen and oxygen atoms in total. The number of Topliss-reactive ketones (excluding diaryl/α,β-unsaturated/α-hetero) is 1. The molecular weight excluding hydrogens is 462 g/mol. The summed E-state index contributed by atoms with van der Waals surface area (Å²) < 4.78 is 43.6. The Kier molecular flexibility index (Phi) is 6.70. The van der Waals surface area contributed by atoms with Gasteiger partial charge < -0.3 is 19.2 Å². The predicted octanol–water partition coefficient (Wildman–Crippen LogP) is 1.77. The molecule has 0 saturated carbocycles. The molecule has 1 aromatic carbocycles. The lowest BCUT2D eigenvalue weighted by Gasteiger charge is -2.36. The molecule has 1 atom stereocenters. The summed E-state index contributed by atoms with van der Waals surface area (Å²) in [5.74, 6) is 0.315. The molecule has 184 valence electrons. The van der Waals surface area contributed by atoms with Gasteiger partial charge in [-0.25, -0.2) is 13.2 Å². The molecule has 0 bridgehead atoms. The van der Waals surface area contributed by atoms with Crippen molar-refractivity contribution in [2.45, 2.75) is 31.7 Å². The number of fused-ring (bicyclic) bond motifs is 1. The van der Waals surface area contributed by atoms with Gasteiger partial charge in [0.05, 0.1) is 29.3 Å². The topological polar surface area (TPSA) is 118 Å². The van der Waals surface area contributed by atoms with Crippen molar-refractivity contribution in [1.29, 1.82) is 0 Å². The van der Waals surface area contributed by atoms with E-state index in [2.05, 4.69) is 4.98 Å². The normalized spacial score (nSPS) is 17.9. The minimum absolute atomic E-state index is 0.154. The highest BCUT2D eigenvalue weighted by molar-refractivity contribution is 7.89. The summed E-state index contributed by atoms with van der Waals surface area (Å²) in [5, 5.41) is 0. The zero-order valence-corrected chi connectivity index (χ0v) is 20.5. The standard InChI is InChI=1S/C23H29N3O7S/c1-14-20(23(28)31-4)15(2)24-21(14)22(27)16(3)25-7-9-26(10-8-25)34(29,30)17-5-6-18-19(13-17)33-12-11-32-18/h5-6,13,16,24H,7-12H2,1-4H3. The van der Waals surface area contributed by atoms with E-state index < -0.39 is 22.0 Å². The molecular formula is C23H29N3O7S. The van der Waals surface area contributed by atoms with Gasteiger partial charge in [0.1, 0.15) is 13.2 Å². The van der Waals surface area contributed by atoms with Gasteiger partial charge in [0.15, 0.2) is 17.3 Å². The number of methoxy groups -OCH3 is 1. The van der Waals surface area contributed by atoms with Crippen molar-refractivity contribution < 1.29 is 32.2 Å².